The summed E-state index contributed by atoms with van der Waals surface area (Å²) in [5.41, 5.74) is 9.59. The molecular formula is C20H24N2O3S. The second-order valence-corrected chi connectivity index (χ2v) is 6.91. The first-order valence-corrected chi connectivity index (χ1v) is 9.29. The Balaban J connectivity index is 2.05. The van der Waals surface area contributed by atoms with Gasteiger partial charge in [-0.3, -0.25) is 0 Å². The third kappa shape index (κ3) is 5.82. The van der Waals surface area contributed by atoms with Crippen LogP contribution in [0.2, 0.25) is 0 Å². The summed E-state index contributed by atoms with van der Waals surface area (Å²) in [6.07, 6.45) is 4.35. The molecule has 0 aliphatic heterocycles. The molecule has 1 heterocycles. The maximum absolute atomic E-state index is 11.7. The number of carbonyl (C=O) groups excluding carboxylic acids is 1. The van der Waals surface area contributed by atoms with Crippen molar-refractivity contribution in [2.45, 2.75) is 33.2 Å². The molecule has 0 saturated heterocycles. The number of carbonyl (C=O) groups is 1. The molecule has 0 fully saturated rings. The number of hydrogen-bond donors (Lipinski definition) is 2. The van der Waals surface area contributed by atoms with Crippen molar-refractivity contribution in [3.8, 4) is 5.75 Å². The van der Waals surface area contributed by atoms with E-state index in [2.05, 4.69) is 4.98 Å². The number of benzene rings is 1. The van der Waals surface area contributed by atoms with E-state index in [4.69, 9.17) is 10.5 Å². The summed E-state index contributed by atoms with van der Waals surface area (Å²) in [7, 11) is 0. The zero-order chi connectivity index (χ0) is 19.1. The second kappa shape index (κ2) is 9.31. The Labute approximate surface area is 157 Å². The quantitative estimate of drug-likeness (QED) is 0.436. The number of aromatic nitrogens is 1. The zero-order valence-electron chi connectivity index (χ0n) is 15.2. The molecule has 2 rings (SSSR count). The lowest BCUT2D eigenvalue weighted by Gasteiger charge is -2.08. The molecule has 0 spiro atoms. The number of nitrogens with zero attached hydrogens (tertiary/aromatic N) is 1. The van der Waals surface area contributed by atoms with Crippen LogP contribution in [0.15, 0.2) is 46.9 Å². The Kier molecular flexibility index (Phi) is 7.12. The fraction of sp³-hybridized carbons (Fsp3) is 0.300. The van der Waals surface area contributed by atoms with Crippen LogP contribution in [0.5, 0.6) is 5.75 Å². The molecule has 1 aromatic heterocycles. The topological polar surface area (TPSA) is 85.4 Å². The van der Waals surface area contributed by atoms with Crippen molar-refractivity contribution in [2.75, 3.05) is 6.61 Å². The van der Waals surface area contributed by atoms with Gasteiger partial charge in [0.05, 0.1) is 18.3 Å². The van der Waals surface area contributed by atoms with Gasteiger partial charge < -0.3 is 15.6 Å². The summed E-state index contributed by atoms with van der Waals surface area (Å²) in [5, 5.41) is 12.1. The lowest BCUT2D eigenvalue weighted by Crippen LogP contribution is -2.13. The van der Waals surface area contributed by atoms with Crippen LogP contribution in [-0.2, 0) is 16.0 Å². The van der Waals surface area contributed by atoms with Crippen LogP contribution < -0.4 is 5.73 Å². The van der Waals surface area contributed by atoms with E-state index in [-0.39, 0.29) is 17.8 Å². The number of aromatic hydroxyl groups is 1. The van der Waals surface area contributed by atoms with Gasteiger partial charge in [0, 0.05) is 11.0 Å². The number of phenolic OH excluding ortho intramolecular Hbond substituents is 1. The summed E-state index contributed by atoms with van der Waals surface area (Å²) < 4.78 is 4.97. The molecule has 0 saturated carbocycles. The van der Waals surface area contributed by atoms with Crippen LogP contribution in [0, 0.1) is 0 Å². The van der Waals surface area contributed by atoms with Crippen LogP contribution in [0.1, 0.15) is 43.1 Å². The van der Waals surface area contributed by atoms with E-state index in [9.17, 15) is 9.90 Å². The zero-order valence-corrected chi connectivity index (χ0v) is 16.0. The number of esters is 1. The highest BCUT2D eigenvalue weighted by Crippen LogP contribution is 2.22. The molecule has 2 aromatic rings. The fourth-order valence-corrected chi connectivity index (χ4v) is 3.21. The average Bonchev–Trinajstić information content (AvgIpc) is 3.05. The van der Waals surface area contributed by atoms with Gasteiger partial charge in [-0.2, -0.15) is 0 Å². The van der Waals surface area contributed by atoms with Gasteiger partial charge in [-0.05, 0) is 62.6 Å². The third-order valence-electron chi connectivity index (χ3n) is 3.67. The van der Waals surface area contributed by atoms with Gasteiger partial charge in [0.15, 0.2) is 0 Å². The molecule has 0 aliphatic rings. The Bertz CT molecular complexity index is 807. The van der Waals surface area contributed by atoms with Gasteiger partial charge in [0.1, 0.15) is 10.8 Å². The largest absolute Gasteiger partial charge is 0.508 e. The maximum Gasteiger partial charge on any atom is 0.333 e. The normalized spacial score (nSPS) is 13.5. The van der Waals surface area contributed by atoms with Gasteiger partial charge in [-0.1, -0.05) is 12.1 Å². The van der Waals surface area contributed by atoms with Gasteiger partial charge in [0.25, 0.3) is 0 Å². The van der Waals surface area contributed by atoms with Gasteiger partial charge in [0.2, 0.25) is 0 Å². The number of allylic oxidation sites excluding steroid dienone is 2. The SMILES string of the molecule is CCOC(=O)/C(C)=C\C(C)=C\c1csc(C(N)Cc2ccc(O)cc2)n1. The summed E-state index contributed by atoms with van der Waals surface area (Å²) >= 11 is 1.51. The Morgan fingerprint density at radius 1 is 1.35 bits per heavy atom. The predicted molar refractivity (Wildman–Crippen MR) is 105 cm³/mol. The molecule has 138 valence electrons. The summed E-state index contributed by atoms with van der Waals surface area (Å²) in [5.74, 6) is -0.0687. The first-order valence-electron chi connectivity index (χ1n) is 8.41. The van der Waals surface area contributed by atoms with Crippen molar-refractivity contribution in [1.82, 2.24) is 4.98 Å². The molecule has 0 radical (unpaired) electrons. The fourth-order valence-electron chi connectivity index (χ4n) is 2.43. The van der Waals surface area contributed by atoms with E-state index in [0.717, 1.165) is 21.8 Å². The molecule has 1 unspecified atom stereocenters. The average molecular weight is 372 g/mol. The lowest BCUT2D eigenvalue weighted by molar-refractivity contribution is -0.138. The summed E-state index contributed by atoms with van der Waals surface area (Å²) in [4.78, 5) is 16.2. The molecule has 0 amide bonds. The van der Waals surface area contributed by atoms with Crippen molar-refractivity contribution in [3.05, 3.63) is 63.1 Å². The molecule has 26 heavy (non-hydrogen) atoms. The smallest absolute Gasteiger partial charge is 0.333 e. The van der Waals surface area contributed by atoms with Gasteiger partial charge in [-0.15, -0.1) is 11.3 Å². The van der Waals surface area contributed by atoms with Crippen molar-refractivity contribution >= 4 is 23.4 Å². The van der Waals surface area contributed by atoms with E-state index in [0.29, 0.717) is 18.6 Å². The monoisotopic (exact) mass is 372 g/mol. The molecule has 0 aliphatic carbocycles. The highest BCUT2D eigenvalue weighted by molar-refractivity contribution is 7.09. The third-order valence-corrected chi connectivity index (χ3v) is 4.66. The first-order chi connectivity index (χ1) is 12.4. The minimum Gasteiger partial charge on any atom is -0.508 e. The predicted octanol–water partition coefficient (Wildman–Crippen LogP) is 4.00. The number of hydrogen-bond acceptors (Lipinski definition) is 6. The Morgan fingerprint density at radius 3 is 2.69 bits per heavy atom. The van der Waals surface area contributed by atoms with E-state index in [1.54, 1.807) is 32.1 Å². The molecule has 1 aromatic carbocycles. The van der Waals surface area contributed by atoms with Crippen molar-refractivity contribution in [1.29, 1.82) is 0 Å². The van der Waals surface area contributed by atoms with Gasteiger partial charge in [-0.25, -0.2) is 9.78 Å². The Hall–Kier alpha value is -2.44. The minimum atomic E-state index is -0.310. The maximum atomic E-state index is 11.7. The highest BCUT2D eigenvalue weighted by Gasteiger charge is 2.12. The van der Waals surface area contributed by atoms with Crippen LogP contribution >= 0.6 is 11.3 Å². The molecule has 3 N–H and O–H groups in total. The van der Waals surface area contributed by atoms with E-state index >= 15 is 0 Å². The molecular weight excluding hydrogens is 348 g/mol. The number of nitrogens with two attached hydrogens (primary N) is 1. The number of rotatable bonds is 7. The van der Waals surface area contributed by atoms with Crippen LogP contribution in [0.25, 0.3) is 6.08 Å². The highest BCUT2D eigenvalue weighted by atomic mass is 32.1. The standard InChI is InChI=1S/C20H24N2O3S/c1-4-25-20(24)14(3)9-13(2)10-16-12-26-19(22-16)18(21)11-15-5-7-17(23)8-6-15/h5-10,12,18,23H,4,11,21H2,1-3H3/b13-10+,14-9-. The molecule has 0 bridgehead atoms. The second-order valence-electron chi connectivity index (χ2n) is 6.02. The van der Waals surface area contributed by atoms with Crippen molar-refractivity contribution < 1.29 is 14.6 Å². The number of ether oxygens (including phenoxy) is 1. The minimum absolute atomic E-state index is 0.205. The number of phenols is 1. The van der Waals surface area contributed by atoms with Crippen LogP contribution in [0.3, 0.4) is 0 Å². The van der Waals surface area contributed by atoms with Gasteiger partial charge >= 0.3 is 5.97 Å². The van der Waals surface area contributed by atoms with Crippen LogP contribution in [0.4, 0.5) is 0 Å². The molecule has 1 atom stereocenters. The lowest BCUT2D eigenvalue weighted by atomic mass is 10.1. The van der Waals surface area contributed by atoms with E-state index in [1.165, 1.54) is 11.3 Å². The Morgan fingerprint density at radius 2 is 2.04 bits per heavy atom. The summed E-state index contributed by atoms with van der Waals surface area (Å²) in [6, 6.07) is 6.82. The first kappa shape index (κ1) is 19.9. The van der Waals surface area contributed by atoms with E-state index < -0.39 is 0 Å². The van der Waals surface area contributed by atoms with Crippen molar-refractivity contribution in [3.63, 3.8) is 0 Å². The summed E-state index contributed by atoms with van der Waals surface area (Å²) in [6.45, 7) is 5.79. The van der Waals surface area contributed by atoms with Crippen LogP contribution in [-0.4, -0.2) is 22.7 Å². The molecule has 6 heteroatoms. The van der Waals surface area contributed by atoms with E-state index in [1.807, 2.05) is 30.5 Å². The number of thiazole rings is 1. The molecule has 5 nitrogen and oxygen atoms in total. The van der Waals surface area contributed by atoms with Crippen molar-refractivity contribution in [2.24, 2.45) is 5.73 Å².